The van der Waals surface area contributed by atoms with Crippen LogP contribution in [-0.2, 0) is 6.42 Å². The molecule has 5 nitrogen and oxygen atoms in total. The van der Waals surface area contributed by atoms with Crippen LogP contribution in [0.3, 0.4) is 0 Å². The maximum Gasteiger partial charge on any atom is 0.179 e. The first-order chi connectivity index (χ1) is 8.42. The van der Waals surface area contributed by atoms with Gasteiger partial charge in [0.2, 0.25) is 0 Å². The van der Waals surface area contributed by atoms with Gasteiger partial charge in [-0.2, -0.15) is 4.80 Å². The maximum atomic E-state index is 4.44. The molecular formula is C12H15N5. The average molecular weight is 229 g/mol. The molecule has 17 heavy (non-hydrogen) atoms. The minimum Gasteiger partial charge on any atom is -0.314 e. The quantitative estimate of drug-likeness (QED) is 0.845. The molecular weight excluding hydrogens is 214 g/mol. The van der Waals surface area contributed by atoms with Crippen molar-refractivity contribution in [1.29, 1.82) is 0 Å². The Morgan fingerprint density at radius 1 is 1.29 bits per heavy atom. The lowest BCUT2D eigenvalue weighted by Crippen LogP contribution is -2.15. The van der Waals surface area contributed by atoms with Gasteiger partial charge in [0, 0.05) is 13.0 Å². The summed E-state index contributed by atoms with van der Waals surface area (Å²) < 4.78 is 0. The molecule has 1 aliphatic heterocycles. The molecule has 1 saturated heterocycles. The monoisotopic (exact) mass is 229 g/mol. The van der Waals surface area contributed by atoms with Gasteiger partial charge in [0.25, 0.3) is 0 Å². The first-order valence-electron chi connectivity index (χ1n) is 5.95. The Balaban J connectivity index is 1.72. The largest absolute Gasteiger partial charge is 0.314 e. The summed E-state index contributed by atoms with van der Waals surface area (Å²) in [4.78, 5) is 1.75. The van der Waals surface area contributed by atoms with Gasteiger partial charge in [0.1, 0.15) is 0 Å². The second-order valence-electron chi connectivity index (χ2n) is 4.34. The third-order valence-electron chi connectivity index (χ3n) is 3.04. The molecule has 1 fully saturated rings. The Labute approximate surface area is 99.8 Å². The summed E-state index contributed by atoms with van der Waals surface area (Å²) in [5, 5.41) is 16.0. The molecule has 88 valence electrons. The number of nitrogens with one attached hydrogen (secondary N) is 1. The van der Waals surface area contributed by atoms with Crippen molar-refractivity contribution in [3.8, 4) is 0 Å². The molecule has 3 rings (SSSR count). The number of aromatic nitrogens is 4. The van der Waals surface area contributed by atoms with Crippen LogP contribution < -0.4 is 5.32 Å². The molecule has 1 aromatic heterocycles. The summed E-state index contributed by atoms with van der Waals surface area (Å²) in [7, 11) is 0. The number of nitrogens with zero attached hydrogens (tertiary/aromatic N) is 4. The van der Waals surface area contributed by atoms with E-state index in [1.807, 2.05) is 18.2 Å². The summed E-state index contributed by atoms with van der Waals surface area (Å²) in [5.41, 5.74) is 1.22. The van der Waals surface area contributed by atoms with E-state index in [-0.39, 0.29) is 0 Å². The van der Waals surface area contributed by atoms with Crippen LogP contribution in [0.5, 0.6) is 0 Å². The van der Waals surface area contributed by atoms with E-state index >= 15 is 0 Å². The second-order valence-corrected chi connectivity index (χ2v) is 4.34. The fourth-order valence-electron chi connectivity index (χ4n) is 2.10. The maximum absolute atomic E-state index is 4.44. The lowest BCUT2D eigenvalue weighted by Gasteiger charge is -2.04. The van der Waals surface area contributed by atoms with Crippen LogP contribution in [0.1, 0.15) is 23.9 Å². The molecule has 0 saturated carbocycles. The summed E-state index contributed by atoms with van der Waals surface area (Å²) >= 11 is 0. The van der Waals surface area contributed by atoms with Crippen molar-refractivity contribution in [1.82, 2.24) is 25.5 Å². The standard InChI is InChI=1S/C12H15N5/c1-2-4-10(5-3-1)8-12-14-16-17(15-12)11-6-7-13-9-11/h1-5,11,13H,6-9H2. The van der Waals surface area contributed by atoms with Crippen LogP contribution in [0.15, 0.2) is 30.3 Å². The molecule has 5 heteroatoms. The molecule has 0 spiro atoms. The number of hydrogen-bond donors (Lipinski definition) is 1. The zero-order chi connectivity index (χ0) is 11.5. The lowest BCUT2D eigenvalue weighted by molar-refractivity contribution is 0.422. The number of rotatable bonds is 3. The Morgan fingerprint density at radius 3 is 2.94 bits per heavy atom. The van der Waals surface area contributed by atoms with E-state index in [4.69, 9.17) is 0 Å². The van der Waals surface area contributed by atoms with Gasteiger partial charge < -0.3 is 5.32 Å². The van der Waals surface area contributed by atoms with Crippen molar-refractivity contribution in [2.24, 2.45) is 0 Å². The van der Waals surface area contributed by atoms with E-state index < -0.39 is 0 Å². The van der Waals surface area contributed by atoms with Crippen LogP contribution in [0.25, 0.3) is 0 Å². The average Bonchev–Trinajstić information content (AvgIpc) is 3.00. The molecule has 1 N–H and O–H groups in total. The molecule has 1 unspecified atom stereocenters. The molecule has 1 aromatic carbocycles. The highest BCUT2D eigenvalue weighted by atomic mass is 15.6. The molecule has 1 aliphatic rings. The number of tetrazole rings is 1. The molecule has 2 heterocycles. The van der Waals surface area contributed by atoms with Crippen LogP contribution in [-0.4, -0.2) is 33.3 Å². The topological polar surface area (TPSA) is 55.6 Å². The fraction of sp³-hybridized carbons (Fsp3) is 0.417. The van der Waals surface area contributed by atoms with Crippen molar-refractivity contribution in [3.05, 3.63) is 41.7 Å². The van der Waals surface area contributed by atoms with E-state index in [0.717, 1.165) is 31.8 Å². The first kappa shape index (κ1) is 10.4. The van der Waals surface area contributed by atoms with Crippen LogP contribution >= 0.6 is 0 Å². The number of benzene rings is 1. The third kappa shape index (κ3) is 2.34. The van der Waals surface area contributed by atoms with Gasteiger partial charge in [-0.3, -0.25) is 0 Å². The van der Waals surface area contributed by atoms with Gasteiger partial charge in [-0.05, 0) is 23.7 Å². The van der Waals surface area contributed by atoms with E-state index in [0.29, 0.717) is 6.04 Å². The molecule has 0 aliphatic carbocycles. The minimum absolute atomic E-state index is 0.368. The van der Waals surface area contributed by atoms with Crippen molar-refractivity contribution in [2.75, 3.05) is 13.1 Å². The van der Waals surface area contributed by atoms with Crippen LogP contribution in [0.2, 0.25) is 0 Å². The van der Waals surface area contributed by atoms with E-state index in [2.05, 4.69) is 32.9 Å². The van der Waals surface area contributed by atoms with Gasteiger partial charge in [-0.1, -0.05) is 30.3 Å². The highest BCUT2D eigenvalue weighted by Crippen LogP contribution is 2.12. The van der Waals surface area contributed by atoms with Crippen molar-refractivity contribution in [2.45, 2.75) is 18.9 Å². The normalized spacial score (nSPS) is 19.6. The minimum atomic E-state index is 0.368. The third-order valence-corrected chi connectivity index (χ3v) is 3.04. The Morgan fingerprint density at radius 2 is 2.18 bits per heavy atom. The Kier molecular flexibility index (Phi) is 2.83. The molecule has 2 aromatic rings. The predicted octanol–water partition coefficient (Wildman–Crippen LogP) is 0.798. The fourth-order valence-corrected chi connectivity index (χ4v) is 2.10. The van der Waals surface area contributed by atoms with Crippen LogP contribution in [0, 0.1) is 0 Å². The molecule has 1 atom stereocenters. The zero-order valence-electron chi connectivity index (χ0n) is 9.58. The first-order valence-corrected chi connectivity index (χ1v) is 5.95. The molecule has 0 amide bonds. The predicted molar refractivity (Wildman–Crippen MR) is 63.6 cm³/mol. The molecule has 0 bridgehead atoms. The highest BCUT2D eigenvalue weighted by Gasteiger charge is 2.19. The molecule has 0 radical (unpaired) electrons. The summed E-state index contributed by atoms with van der Waals surface area (Å²) in [5.74, 6) is 0.795. The van der Waals surface area contributed by atoms with E-state index in [9.17, 15) is 0 Å². The van der Waals surface area contributed by atoms with E-state index in [1.165, 1.54) is 5.56 Å². The van der Waals surface area contributed by atoms with Gasteiger partial charge in [-0.15, -0.1) is 10.2 Å². The Hall–Kier alpha value is -1.75. The van der Waals surface area contributed by atoms with Crippen LogP contribution in [0.4, 0.5) is 0 Å². The van der Waals surface area contributed by atoms with Gasteiger partial charge in [-0.25, -0.2) is 0 Å². The van der Waals surface area contributed by atoms with Crippen molar-refractivity contribution in [3.63, 3.8) is 0 Å². The summed E-state index contributed by atoms with van der Waals surface area (Å²) in [6.45, 7) is 1.99. The smallest absolute Gasteiger partial charge is 0.179 e. The second kappa shape index (κ2) is 4.63. The van der Waals surface area contributed by atoms with Crippen molar-refractivity contribution < 1.29 is 0 Å². The number of hydrogen-bond acceptors (Lipinski definition) is 4. The summed E-state index contributed by atoms with van der Waals surface area (Å²) in [6, 6.07) is 10.6. The van der Waals surface area contributed by atoms with Gasteiger partial charge in [0.05, 0.1) is 6.04 Å². The van der Waals surface area contributed by atoms with Gasteiger partial charge in [0.15, 0.2) is 5.82 Å². The van der Waals surface area contributed by atoms with Crippen molar-refractivity contribution >= 4 is 0 Å². The zero-order valence-corrected chi connectivity index (χ0v) is 9.58. The lowest BCUT2D eigenvalue weighted by atomic mass is 10.1. The SMILES string of the molecule is c1ccc(Cc2nnn(C3CCNC3)n2)cc1. The summed E-state index contributed by atoms with van der Waals surface area (Å²) in [6.07, 6.45) is 1.84. The van der Waals surface area contributed by atoms with E-state index in [1.54, 1.807) is 4.80 Å². The Bertz CT molecular complexity index is 473. The van der Waals surface area contributed by atoms with Gasteiger partial charge >= 0.3 is 0 Å². The highest BCUT2D eigenvalue weighted by molar-refractivity contribution is 5.17.